The van der Waals surface area contributed by atoms with Gasteiger partial charge in [0.25, 0.3) is 10.2 Å². The molecule has 1 N–H and O–H groups in total. The van der Waals surface area contributed by atoms with E-state index in [1.165, 1.54) is 4.31 Å². The van der Waals surface area contributed by atoms with Gasteiger partial charge in [0.2, 0.25) is 0 Å². The summed E-state index contributed by atoms with van der Waals surface area (Å²) in [6.45, 7) is 1.50. The quantitative estimate of drug-likeness (QED) is 0.516. The lowest BCUT2D eigenvalue weighted by Crippen LogP contribution is -2.49. The van der Waals surface area contributed by atoms with Gasteiger partial charge < -0.3 is 9.88 Å². The molecular formula is C22H27BrClN5O2S. The van der Waals surface area contributed by atoms with Crippen LogP contribution in [0, 0.1) is 0 Å². The fourth-order valence-electron chi connectivity index (χ4n) is 3.99. The van der Waals surface area contributed by atoms with Crippen molar-refractivity contribution in [1.82, 2.24) is 18.6 Å². The predicted octanol–water partition coefficient (Wildman–Crippen LogP) is 3.83. The molecule has 1 aliphatic heterocycles. The van der Waals surface area contributed by atoms with Crippen molar-refractivity contribution in [2.24, 2.45) is 0 Å². The Labute approximate surface area is 204 Å². The van der Waals surface area contributed by atoms with Crippen molar-refractivity contribution in [3.8, 4) is 0 Å². The lowest BCUT2D eigenvalue weighted by molar-refractivity contribution is 0.297. The second-order valence-corrected chi connectivity index (χ2v) is 10.9. The van der Waals surface area contributed by atoms with E-state index in [2.05, 4.69) is 36.9 Å². The summed E-state index contributed by atoms with van der Waals surface area (Å²) in [7, 11) is -0.454. The molecule has 172 valence electrons. The molecule has 1 unspecified atom stereocenters. The predicted molar refractivity (Wildman–Crippen MR) is 133 cm³/mol. The number of anilines is 1. The van der Waals surface area contributed by atoms with Crippen LogP contribution in [0.4, 0.5) is 5.69 Å². The van der Waals surface area contributed by atoms with Crippen LogP contribution >= 0.6 is 28.3 Å². The summed E-state index contributed by atoms with van der Waals surface area (Å²) in [5, 5.41) is 0. The first kappa shape index (κ1) is 24.7. The summed E-state index contributed by atoms with van der Waals surface area (Å²) < 4.78 is 30.6. The highest BCUT2D eigenvalue weighted by molar-refractivity contribution is 9.10. The molecule has 0 radical (unpaired) electrons. The van der Waals surface area contributed by atoms with Crippen LogP contribution in [-0.4, -0.2) is 53.7 Å². The standard InChI is InChI=1S/C22H26BrN5O2S.ClH/c1-26(2)31(29,30)28-13-18-11-19(23)8-9-22(18)27(14-20-12-24-16-25-20)15-21(28)10-17-6-4-3-5-7-17;/h3-9,11-12,16,21H,10,13-15H2,1-2H3,(H,24,25);1H. The first-order chi connectivity index (χ1) is 14.8. The van der Waals surface area contributed by atoms with Crippen LogP contribution in [0.25, 0.3) is 0 Å². The molecule has 0 bridgehead atoms. The summed E-state index contributed by atoms with van der Waals surface area (Å²) in [6.07, 6.45) is 4.10. The van der Waals surface area contributed by atoms with E-state index in [4.69, 9.17) is 0 Å². The molecule has 1 atom stereocenters. The third kappa shape index (κ3) is 5.35. The van der Waals surface area contributed by atoms with Crippen molar-refractivity contribution >= 4 is 44.2 Å². The minimum atomic E-state index is -3.63. The van der Waals surface area contributed by atoms with Crippen LogP contribution < -0.4 is 4.90 Å². The minimum absolute atomic E-state index is 0. The van der Waals surface area contributed by atoms with Gasteiger partial charge in [0, 0.05) is 49.6 Å². The maximum absolute atomic E-state index is 13.4. The SMILES string of the molecule is CN(C)S(=O)(=O)N1Cc2cc(Br)ccc2N(Cc2cnc[nH]2)CC1Cc1ccccc1.Cl. The summed E-state index contributed by atoms with van der Waals surface area (Å²) in [5.41, 5.74) is 4.10. The fraction of sp³-hybridized carbons (Fsp3) is 0.318. The van der Waals surface area contributed by atoms with E-state index in [1.807, 2.05) is 48.7 Å². The van der Waals surface area contributed by atoms with Crippen molar-refractivity contribution in [1.29, 1.82) is 0 Å². The van der Waals surface area contributed by atoms with E-state index in [0.29, 0.717) is 26.1 Å². The van der Waals surface area contributed by atoms with Crippen LogP contribution in [0.3, 0.4) is 0 Å². The van der Waals surface area contributed by atoms with Crippen molar-refractivity contribution in [3.05, 3.63) is 82.3 Å². The lowest BCUT2D eigenvalue weighted by Gasteiger charge is -2.33. The Morgan fingerprint density at radius 2 is 1.94 bits per heavy atom. The highest BCUT2D eigenvalue weighted by Crippen LogP contribution is 2.33. The molecule has 0 amide bonds. The average Bonchev–Trinajstić information content (AvgIpc) is 3.19. The summed E-state index contributed by atoms with van der Waals surface area (Å²) in [4.78, 5) is 9.56. The van der Waals surface area contributed by atoms with Gasteiger partial charge in [-0.25, -0.2) is 4.98 Å². The molecule has 2 aromatic carbocycles. The summed E-state index contributed by atoms with van der Waals surface area (Å²) in [5.74, 6) is 0. The summed E-state index contributed by atoms with van der Waals surface area (Å²) >= 11 is 3.55. The Morgan fingerprint density at radius 1 is 1.19 bits per heavy atom. The van der Waals surface area contributed by atoms with Crippen molar-refractivity contribution in [2.75, 3.05) is 25.5 Å². The maximum Gasteiger partial charge on any atom is 0.282 e. The first-order valence-corrected chi connectivity index (χ1v) is 12.3. The highest BCUT2D eigenvalue weighted by atomic mass is 79.9. The number of H-pyrrole nitrogens is 1. The first-order valence-electron chi connectivity index (χ1n) is 10.1. The van der Waals surface area contributed by atoms with Crippen molar-refractivity contribution < 1.29 is 8.42 Å². The Bertz CT molecular complexity index is 1130. The third-order valence-electron chi connectivity index (χ3n) is 5.53. The van der Waals surface area contributed by atoms with E-state index in [0.717, 1.165) is 27.0 Å². The van der Waals surface area contributed by atoms with Crippen molar-refractivity contribution in [3.63, 3.8) is 0 Å². The van der Waals surface area contributed by atoms with Crippen LogP contribution in [0.1, 0.15) is 16.8 Å². The van der Waals surface area contributed by atoms with Crippen LogP contribution in [0.2, 0.25) is 0 Å². The van der Waals surface area contributed by atoms with Crippen molar-refractivity contribution in [2.45, 2.75) is 25.6 Å². The molecule has 0 aliphatic carbocycles. The second-order valence-electron chi connectivity index (χ2n) is 7.91. The second kappa shape index (κ2) is 10.4. The lowest BCUT2D eigenvalue weighted by atomic mass is 10.1. The van der Waals surface area contributed by atoms with E-state index in [9.17, 15) is 8.42 Å². The Kier molecular flexibility index (Phi) is 8.00. The Hall–Kier alpha value is -1.91. The van der Waals surface area contributed by atoms with Gasteiger partial charge in [-0.1, -0.05) is 46.3 Å². The van der Waals surface area contributed by atoms with Gasteiger partial charge in [-0.2, -0.15) is 17.0 Å². The number of nitrogens with one attached hydrogen (secondary N) is 1. The van der Waals surface area contributed by atoms with Crippen LogP contribution in [0.5, 0.6) is 0 Å². The van der Waals surface area contributed by atoms with E-state index >= 15 is 0 Å². The molecule has 4 rings (SSSR count). The Balaban J connectivity index is 0.00000289. The number of halogens is 2. The fourth-order valence-corrected chi connectivity index (χ4v) is 5.64. The summed E-state index contributed by atoms with van der Waals surface area (Å²) in [6, 6.07) is 15.9. The molecule has 32 heavy (non-hydrogen) atoms. The number of aromatic amines is 1. The van der Waals surface area contributed by atoms with Gasteiger partial charge in [0.05, 0.1) is 18.6 Å². The largest absolute Gasteiger partial charge is 0.364 e. The number of benzene rings is 2. The molecule has 0 fully saturated rings. The number of hydrogen-bond donors (Lipinski definition) is 1. The van der Waals surface area contributed by atoms with Gasteiger partial charge in [0.15, 0.2) is 0 Å². The normalized spacial score (nSPS) is 17.0. The van der Waals surface area contributed by atoms with Gasteiger partial charge in [-0.15, -0.1) is 12.4 Å². The monoisotopic (exact) mass is 539 g/mol. The minimum Gasteiger partial charge on any atom is -0.364 e. The highest BCUT2D eigenvalue weighted by Gasteiger charge is 2.36. The number of rotatable bonds is 6. The third-order valence-corrected chi connectivity index (χ3v) is 7.97. The smallest absolute Gasteiger partial charge is 0.282 e. The number of hydrogen-bond acceptors (Lipinski definition) is 4. The number of nitrogens with zero attached hydrogens (tertiary/aromatic N) is 4. The van der Waals surface area contributed by atoms with Gasteiger partial charge >= 0.3 is 0 Å². The van der Waals surface area contributed by atoms with Gasteiger partial charge in [-0.05, 0) is 35.7 Å². The molecule has 2 heterocycles. The molecule has 0 saturated carbocycles. The molecule has 3 aromatic rings. The number of aromatic nitrogens is 2. The molecule has 0 saturated heterocycles. The molecule has 1 aromatic heterocycles. The van der Waals surface area contributed by atoms with Crippen LogP contribution in [-0.2, 0) is 29.7 Å². The average molecular weight is 541 g/mol. The zero-order valence-electron chi connectivity index (χ0n) is 18.0. The van der Waals surface area contributed by atoms with E-state index in [1.54, 1.807) is 24.7 Å². The maximum atomic E-state index is 13.4. The molecule has 7 nitrogen and oxygen atoms in total. The molecule has 0 spiro atoms. The molecule has 1 aliphatic rings. The molecule has 10 heteroatoms. The van der Waals surface area contributed by atoms with E-state index in [-0.39, 0.29) is 18.4 Å². The zero-order chi connectivity index (χ0) is 22.0. The molecular weight excluding hydrogens is 514 g/mol. The van der Waals surface area contributed by atoms with Gasteiger partial charge in [-0.3, -0.25) is 0 Å². The zero-order valence-corrected chi connectivity index (χ0v) is 21.2. The number of fused-ring (bicyclic) bond motifs is 1. The topological polar surface area (TPSA) is 72.5 Å². The number of imidazole rings is 1. The van der Waals surface area contributed by atoms with Crippen LogP contribution in [0.15, 0.2) is 65.5 Å². The van der Waals surface area contributed by atoms with E-state index < -0.39 is 10.2 Å². The Morgan fingerprint density at radius 3 is 2.59 bits per heavy atom. The van der Waals surface area contributed by atoms with Gasteiger partial charge in [0.1, 0.15) is 0 Å².